The highest BCUT2D eigenvalue weighted by Crippen LogP contribution is 2.35. The smallest absolute Gasteiger partial charge is 0.311 e. The van der Waals surface area contributed by atoms with E-state index in [0.29, 0.717) is 18.0 Å². The van der Waals surface area contributed by atoms with Gasteiger partial charge in [-0.05, 0) is 34.5 Å². The summed E-state index contributed by atoms with van der Waals surface area (Å²) < 4.78 is 16.0. The molecule has 1 aliphatic heterocycles. The van der Waals surface area contributed by atoms with E-state index in [1.807, 2.05) is 42.5 Å². The first-order chi connectivity index (χ1) is 15.0. The minimum atomic E-state index is -0.257. The van der Waals surface area contributed by atoms with E-state index in [0.717, 1.165) is 40.4 Å². The molecule has 162 valence electrons. The largest absolute Gasteiger partial charge is 0.507 e. The average Bonchev–Trinajstić information content (AvgIpc) is 2.81. The van der Waals surface area contributed by atoms with Crippen LogP contribution in [0.3, 0.4) is 0 Å². The van der Waals surface area contributed by atoms with Gasteiger partial charge in [0, 0.05) is 12.0 Å². The number of nitrogens with one attached hydrogen (secondary N) is 1. The lowest BCUT2D eigenvalue weighted by molar-refractivity contribution is -0.946. The highest BCUT2D eigenvalue weighted by Gasteiger charge is 2.35. The van der Waals surface area contributed by atoms with Crippen LogP contribution in [0.1, 0.15) is 29.2 Å². The molecular weight excluding hydrogens is 394 g/mol. The summed E-state index contributed by atoms with van der Waals surface area (Å²) in [4.78, 5) is 13.5. The molecule has 3 aromatic carbocycles. The Kier molecular flexibility index (Phi) is 6.00. The van der Waals surface area contributed by atoms with Crippen molar-refractivity contribution in [2.75, 3.05) is 27.9 Å². The van der Waals surface area contributed by atoms with Gasteiger partial charge in [0.1, 0.15) is 24.8 Å². The monoisotopic (exact) mass is 422 g/mol. The Bertz CT molecular complexity index is 1110. The molecule has 6 heteroatoms. The number of methoxy groups -OCH3 is 3. The lowest BCUT2D eigenvalue weighted by Gasteiger charge is -2.34. The summed E-state index contributed by atoms with van der Waals surface area (Å²) in [5.74, 6) is 1.35. The predicted molar refractivity (Wildman–Crippen MR) is 118 cm³/mol. The molecule has 0 radical (unpaired) electrons. The van der Waals surface area contributed by atoms with Crippen LogP contribution < -0.4 is 14.4 Å². The molecule has 0 aliphatic carbocycles. The molecule has 0 fully saturated rings. The van der Waals surface area contributed by atoms with E-state index in [9.17, 15) is 9.90 Å². The van der Waals surface area contributed by atoms with Gasteiger partial charge in [0.05, 0.1) is 33.4 Å². The van der Waals surface area contributed by atoms with Crippen LogP contribution in [0.4, 0.5) is 0 Å². The van der Waals surface area contributed by atoms with Gasteiger partial charge in [0.15, 0.2) is 11.5 Å². The predicted octanol–water partition coefficient (Wildman–Crippen LogP) is 2.81. The summed E-state index contributed by atoms with van der Waals surface area (Å²) in [7, 11) is 4.65. The number of hydrogen-bond acceptors (Lipinski definition) is 5. The van der Waals surface area contributed by atoms with Crippen LogP contribution in [0.25, 0.3) is 10.8 Å². The molecule has 0 bridgehead atoms. The van der Waals surface area contributed by atoms with Crippen LogP contribution in [-0.4, -0.2) is 38.9 Å². The van der Waals surface area contributed by atoms with Crippen LogP contribution in [-0.2, 0) is 22.5 Å². The maximum Gasteiger partial charge on any atom is 0.311 e. The molecule has 0 saturated carbocycles. The number of phenolic OH excluding ortho intramolecular Hbond substituents is 1. The Morgan fingerprint density at radius 1 is 1.06 bits per heavy atom. The number of esters is 1. The van der Waals surface area contributed by atoms with E-state index in [4.69, 9.17) is 14.2 Å². The second kappa shape index (κ2) is 8.86. The van der Waals surface area contributed by atoms with Crippen molar-refractivity contribution < 1.29 is 29.0 Å². The second-order valence-electron chi connectivity index (χ2n) is 7.86. The van der Waals surface area contributed by atoms with E-state index >= 15 is 0 Å². The molecule has 1 aliphatic rings. The fraction of sp³-hybridized carbons (Fsp3) is 0.320. The molecule has 0 aromatic heterocycles. The van der Waals surface area contributed by atoms with Crippen molar-refractivity contribution in [1.29, 1.82) is 0 Å². The van der Waals surface area contributed by atoms with Crippen LogP contribution in [0.5, 0.6) is 17.2 Å². The molecule has 1 heterocycles. The van der Waals surface area contributed by atoms with E-state index < -0.39 is 0 Å². The normalized spacial score (nSPS) is 17.8. The molecule has 2 atom stereocenters. The Morgan fingerprint density at radius 3 is 2.55 bits per heavy atom. The Hall–Kier alpha value is -3.25. The van der Waals surface area contributed by atoms with Crippen molar-refractivity contribution in [2.24, 2.45) is 0 Å². The van der Waals surface area contributed by atoms with Crippen LogP contribution in [0, 0.1) is 0 Å². The first-order valence-corrected chi connectivity index (χ1v) is 10.4. The maximum absolute atomic E-state index is 12.3. The third-order valence-electron chi connectivity index (χ3n) is 6.25. The van der Waals surface area contributed by atoms with Gasteiger partial charge in [-0.1, -0.05) is 30.3 Å². The summed E-state index contributed by atoms with van der Waals surface area (Å²) in [6.45, 7) is 1.43. The Labute approximate surface area is 182 Å². The number of hydrogen-bond donors (Lipinski definition) is 2. The van der Waals surface area contributed by atoms with E-state index in [2.05, 4.69) is 0 Å². The number of rotatable bonds is 6. The summed E-state index contributed by atoms with van der Waals surface area (Å²) in [6.07, 6.45) is 1.09. The topological polar surface area (TPSA) is 69.4 Å². The third kappa shape index (κ3) is 4.03. The van der Waals surface area contributed by atoms with Crippen LogP contribution >= 0.6 is 0 Å². The van der Waals surface area contributed by atoms with E-state index in [-0.39, 0.29) is 24.2 Å². The van der Waals surface area contributed by atoms with Crippen molar-refractivity contribution in [3.8, 4) is 17.2 Å². The molecule has 0 saturated heterocycles. The van der Waals surface area contributed by atoms with Gasteiger partial charge < -0.3 is 24.2 Å². The third-order valence-corrected chi connectivity index (χ3v) is 6.25. The average molecular weight is 423 g/mol. The molecule has 0 spiro atoms. The number of aromatic hydroxyl groups is 1. The van der Waals surface area contributed by atoms with E-state index in [1.165, 1.54) is 12.0 Å². The summed E-state index contributed by atoms with van der Waals surface area (Å²) >= 11 is 0. The summed E-state index contributed by atoms with van der Waals surface area (Å²) in [5, 5.41) is 12.8. The molecule has 0 amide bonds. The van der Waals surface area contributed by atoms with Crippen molar-refractivity contribution >= 4 is 16.7 Å². The number of benzene rings is 3. The first kappa shape index (κ1) is 21.0. The zero-order chi connectivity index (χ0) is 22.0. The number of fused-ring (bicyclic) bond motifs is 2. The van der Waals surface area contributed by atoms with Gasteiger partial charge in [-0.2, -0.15) is 0 Å². The lowest BCUT2D eigenvalue weighted by Crippen LogP contribution is -3.12. The number of carbonyl (C=O) groups excluding carboxylic acids is 1. The van der Waals surface area contributed by atoms with Gasteiger partial charge in [-0.25, -0.2) is 0 Å². The van der Waals surface area contributed by atoms with Crippen molar-refractivity contribution in [3.63, 3.8) is 0 Å². The van der Waals surface area contributed by atoms with Crippen molar-refractivity contribution in [1.82, 2.24) is 0 Å². The van der Waals surface area contributed by atoms with Gasteiger partial charge >= 0.3 is 5.97 Å². The van der Waals surface area contributed by atoms with E-state index in [1.54, 1.807) is 20.3 Å². The molecule has 4 rings (SSSR count). The maximum atomic E-state index is 12.3. The van der Waals surface area contributed by atoms with Gasteiger partial charge in [-0.15, -0.1) is 0 Å². The number of quaternary nitrogens is 1. The first-order valence-electron chi connectivity index (χ1n) is 10.4. The Balaban J connectivity index is 1.76. The minimum Gasteiger partial charge on any atom is -0.507 e. The van der Waals surface area contributed by atoms with Gasteiger partial charge in [-0.3, -0.25) is 4.79 Å². The zero-order valence-electron chi connectivity index (χ0n) is 18.1. The molecule has 2 N–H and O–H groups in total. The van der Waals surface area contributed by atoms with Crippen LogP contribution in [0.15, 0.2) is 48.5 Å². The number of ether oxygens (including phenoxy) is 3. The molecular formula is C25H28NO5+. The number of phenols is 1. The molecule has 3 aromatic rings. The lowest BCUT2D eigenvalue weighted by atomic mass is 9.89. The standard InChI is InChI=1S/C25H27NO5/c1-29-23-12-17-10-11-26(21(14-25(28)31-3)19(17)13-24(23)30-2)15-20-18-7-5-4-6-16(18)8-9-22(20)27/h4-9,12-13,21,27H,10-11,14-15H2,1-3H3/p+1/t21-/m1/s1. The summed E-state index contributed by atoms with van der Waals surface area (Å²) in [5.41, 5.74) is 3.10. The highest BCUT2D eigenvalue weighted by atomic mass is 16.5. The van der Waals surface area contributed by atoms with Crippen molar-refractivity contribution in [2.45, 2.75) is 25.4 Å². The molecule has 31 heavy (non-hydrogen) atoms. The zero-order valence-corrected chi connectivity index (χ0v) is 18.1. The van der Waals surface area contributed by atoms with Gasteiger partial charge in [0.2, 0.25) is 0 Å². The quantitative estimate of drug-likeness (QED) is 0.598. The van der Waals surface area contributed by atoms with Crippen molar-refractivity contribution in [3.05, 3.63) is 65.2 Å². The SMILES string of the molecule is COC(=O)C[C@@H]1c2cc(OC)c(OC)cc2CC[NH+]1Cc1c(O)ccc2ccccc12. The molecule has 1 unspecified atom stereocenters. The second-order valence-corrected chi connectivity index (χ2v) is 7.86. The summed E-state index contributed by atoms with van der Waals surface area (Å²) in [6, 6.07) is 15.6. The minimum absolute atomic E-state index is 0.116. The van der Waals surface area contributed by atoms with Crippen LogP contribution in [0.2, 0.25) is 0 Å². The highest BCUT2D eigenvalue weighted by molar-refractivity contribution is 5.87. The number of carbonyl (C=O) groups is 1. The van der Waals surface area contributed by atoms with Gasteiger partial charge in [0.25, 0.3) is 0 Å². The molecule has 6 nitrogen and oxygen atoms in total. The fourth-order valence-corrected chi connectivity index (χ4v) is 4.62. The Morgan fingerprint density at radius 2 is 1.81 bits per heavy atom. The fourth-order valence-electron chi connectivity index (χ4n) is 4.62.